The third-order valence-electron chi connectivity index (χ3n) is 4.37. The average Bonchev–Trinajstić information content (AvgIpc) is 2.91. The Balaban J connectivity index is 2.49. The number of hydrogen-bond acceptors (Lipinski definition) is 4. The quantitative estimate of drug-likeness (QED) is 0.660. The monoisotopic (exact) mass is 284 g/mol. The normalized spacial score (nSPS) is 22.7. The van der Waals surface area contributed by atoms with Crippen LogP contribution in [0.25, 0.3) is 0 Å². The summed E-state index contributed by atoms with van der Waals surface area (Å²) in [5, 5.41) is 3.38. The maximum absolute atomic E-state index is 12.2. The first-order valence-electron chi connectivity index (χ1n) is 8.20. The molecule has 2 unspecified atom stereocenters. The molecule has 0 aromatic rings. The van der Waals surface area contributed by atoms with Gasteiger partial charge in [-0.3, -0.25) is 4.79 Å². The molecule has 1 fully saturated rings. The Morgan fingerprint density at radius 2 is 2.15 bits per heavy atom. The lowest BCUT2D eigenvalue weighted by molar-refractivity contribution is -0.151. The minimum Gasteiger partial charge on any atom is -0.465 e. The summed E-state index contributed by atoms with van der Waals surface area (Å²) in [6, 6.07) is 0. The summed E-state index contributed by atoms with van der Waals surface area (Å²) in [7, 11) is 0. The van der Waals surface area contributed by atoms with E-state index in [4.69, 9.17) is 4.74 Å². The number of likely N-dealkylation sites (tertiary alicyclic amines) is 1. The molecular weight excluding hydrogens is 252 g/mol. The Kier molecular flexibility index (Phi) is 7.52. The standard InChI is InChI=1S/C16H32N2O2/c1-5-10-17-16(4,15(19)20-7-3)9-12-18-11-8-14(6-2)13-18/h14,17H,5-13H2,1-4H3. The number of nitrogens with one attached hydrogen (secondary N) is 1. The summed E-state index contributed by atoms with van der Waals surface area (Å²) >= 11 is 0. The molecule has 0 radical (unpaired) electrons. The van der Waals surface area contributed by atoms with Crippen LogP contribution in [0.1, 0.15) is 53.4 Å². The molecule has 1 aliphatic rings. The van der Waals surface area contributed by atoms with E-state index in [1.54, 1.807) is 0 Å². The second-order valence-corrected chi connectivity index (χ2v) is 6.09. The third kappa shape index (κ3) is 5.06. The first-order chi connectivity index (χ1) is 9.55. The van der Waals surface area contributed by atoms with E-state index in [9.17, 15) is 4.79 Å². The zero-order chi connectivity index (χ0) is 15.0. The third-order valence-corrected chi connectivity index (χ3v) is 4.37. The molecule has 0 aromatic heterocycles. The minimum absolute atomic E-state index is 0.111. The molecule has 1 N–H and O–H groups in total. The molecule has 1 saturated heterocycles. The van der Waals surface area contributed by atoms with Gasteiger partial charge in [-0.1, -0.05) is 20.3 Å². The number of ether oxygens (including phenoxy) is 1. The number of nitrogens with zero attached hydrogens (tertiary/aromatic N) is 1. The van der Waals surface area contributed by atoms with Gasteiger partial charge >= 0.3 is 5.97 Å². The van der Waals surface area contributed by atoms with Crippen LogP contribution < -0.4 is 5.32 Å². The molecular formula is C16H32N2O2. The maximum Gasteiger partial charge on any atom is 0.326 e. The van der Waals surface area contributed by atoms with Crippen molar-refractivity contribution in [3.63, 3.8) is 0 Å². The Morgan fingerprint density at radius 1 is 1.40 bits per heavy atom. The van der Waals surface area contributed by atoms with Gasteiger partial charge in [0.05, 0.1) is 6.61 Å². The summed E-state index contributed by atoms with van der Waals surface area (Å²) in [6.45, 7) is 12.9. The number of esters is 1. The van der Waals surface area contributed by atoms with E-state index in [0.29, 0.717) is 6.61 Å². The first kappa shape index (κ1) is 17.4. The Morgan fingerprint density at radius 3 is 2.70 bits per heavy atom. The van der Waals surface area contributed by atoms with Gasteiger partial charge in [-0.15, -0.1) is 0 Å². The van der Waals surface area contributed by atoms with Gasteiger partial charge in [0.25, 0.3) is 0 Å². The fraction of sp³-hybridized carbons (Fsp3) is 0.938. The van der Waals surface area contributed by atoms with Gasteiger partial charge in [0.1, 0.15) is 5.54 Å². The number of hydrogen-bond donors (Lipinski definition) is 1. The summed E-state index contributed by atoms with van der Waals surface area (Å²) in [4.78, 5) is 14.7. The Hall–Kier alpha value is -0.610. The van der Waals surface area contributed by atoms with Crippen LogP contribution in [0.2, 0.25) is 0 Å². The van der Waals surface area contributed by atoms with Crippen LogP contribution in [0.3, 0.4) is 0 Å². The SMILES string of the molecule is CCCNC(C)(CCN1CCC(CC)C1)C(=O)OCC. The van der Waals surface area contributed by atoms with E-state index in [-0.39, 0.29) is 5.97 Å². The summed E-state index contributed by atoms with van der Waals surface area (Å²) in [5.74, 6) is 0.729. The summed E-state index contributed by atoms with van der Waals surface area (Å²) in [6.07, 6.45) is 4.41. The molecule has 4 heteroatoms. The van der Waals surface area contributed by atoms with Gasteiger partial charge in [-0.05, 0) is 52.1 Å². The molecule has 0 spiro atoms. The minimum atomic E-state index is -0.545. The molecule has 1 aliphatic heterocycles. The van der Waals surface area contributed by atoms with Crippen molar-refractivity contribution in [1.82, 2.24) is 10.2 Å². The molecule has 2 atom stereocenters. The lowest BCUT2D eigenvalue weighted by Crippen LogP contribution is -2.52. The van der Waals surface area contributed by atoms with Gasteiger partial charge in [0, 0.05) is 13.1 Å². The van der Waals surface area contributed by atoms with E-state index in [1.165, 1.54) is 25.9 Å². The number of rotatable bonds is 9. The van der Waals surface area contributed by atoms with Crippen molar-refractivity contribution in [2.24, 2.45) is 5.92 Å². The fourth-order valence-corrected chi connectivity index (χ4v) is 2.78. The molecule has 0 aliphatic carbocycles. The topological polar surface area (TPSA) is 41.6 Å². The summed E-state index contributed by atoms with van der Waals surface area (Å²) in [5.41, 5.74) is -0.545. The number of carbonyl (C=O) groups is 1. The van der Waals surface area contributed by atoms with Crippen LogP contribution in [0, 0.1) is 5.92 Å². The molecule has 1 heterocycles. The van der Waals surface area contributed by atoms with E-state index >= 15 is 0 Å². The van der Waals surface area contributed by atoms with Gasteiger partial charge in [0.15, 0.2) is 0 Å². The second kappa shape index (κ2) is 8.63. The van der Waals surface area contributed by atoms with Crippen molar-refractivity contribution in [2.75, 3.05) is 32.8 Å². The van der Waals surface area contributed by atoms with E-state index in [2.05, 4.69) is 24.1 Å². The summed E-state index contributed by atoms with van der Waals surface area (Å²) < 4.78 is 5.24. The lowest BCUT2D eigenvalue weighted by atomic mass is 9.97. The maximum atomic E-state index is 12.2. The van der Waals surface area contributed by atoms with Crippen molar-refractivity contribution in [1.29, 1.82) is 0 Å². The van der Waals surface area contributed by atoms with Crippen LogP contribution in [-0.4, -0.2) is 49.2 Å². The van der Waals surface area contributed by atoms with Crippen LogP contribution in [0.4, 0.5) is 0 Å². The first-order valence-corrected chi connectivity index (χ1v) is 8.20. The van der Waals surface area contributed by atoms with Gasteiger partial charge in [-0.2, -0.15) is 0 Å². The van der Waals surface area contributed by atoms with Crippen molar-refractivity contribution >= 4 is 5.97 Å². The number of carbonyl (C=O) groups excluding carboxylic acids is 1. The predicted octanol–water partition coefficient (Wildman–Crippen LogP) is 2.43. The molecule has 0 saturated carbocycles. The molecule has 118 valence electrons. The zero-order valence-corrected chi connectivity index (χ0v) is 13.7. The van der Waals surface area contributed by atoms with E-state index < -0.39 is 5.54 Å². The zero-order valence-electron chi connectivity index (χ0n) is 13.7. The Bertz CT molecular complexity index is 296. The highest BCUT2D eigenvalue weighted by Crippen LogP contribution is 2.21. The van der Waals surface area contributed by atoms with Gasteiger partial charge in [0.2, 0.25) is 0 Å². The highest BCUT2D eigenvalue weighted by molar-refractivity contribution is 5.80. The molecule has 0 aromatic carbocycles. The van der Waals surface area contributed by atoms with E-state index in [0.717, 1.165) is 31.8 Å². The highest BCUT2D eigenvalue weighted by Gasteiger charge is 2.35. The van der Waals surface area contributed by atoms with Crippen molar-refractivity contribution in [2.45, 2.75) is 58.9 Å². The lowest BCUT2D eigenvalue weighted by Gasteiger charge is -2.30. The van der Waals surface area contributed by atoms with Crippen molar-refractivity contribution in [3.8, 4) is 0 Å². The van der Waals surface area contributed by atoms with Gasteiger partial charge in [-0.25, -0.2) is 0 Å². The molecule has 0 amide bonds. The Labute approximate surface area is 124 Å². The molecule has 20 heavy (non-hydrogen) atoms. The fourth-order valence-electron chi connectivity index (χ4n) is 2.78. The largest absolute Gasteiger partial charge is 0.465 e. The smallest absolute Gasteiger partial charge is 0.326 e. The molecule has 4 nitrogen and oxygen atoms in total. The molecule has 0 bridgehead atoms. The van der Waals surface area contributed by atoms with Crippen molar-refractivity contribution in [3.05, 3.63) is 0 Å². The molecule has 1 rings (SSSR count). The second-order valence-electron chi connectivity index (χ2n) is 6.09. The van der Waals surface area contributed by atoms with Crippen LogP contribution in [0.5, 0.6) is 0 Å². The average molecular weight is 284 g/mol. The van der Waals surface area contributed by atoms with Crippen LogP contribution in [0.15, 0.2) is 0 Å². The van der Waals surface area contributed by atoms with Crippen LogP contribution in [-0.2, 0) is 9.53 Å². The highest BCUT2D eigenvalue weighted by atomic mass is 16.5. The van der Waals surface area contributed by atoms with E-state index in [1.807, 2.05) is 13.8 Å². The van der Waals surface area contributed by atoms with Gasteiger partial charge < -0.3 is 15.0 Å². The predicted molar refractivity (Wildman–Crippen MR) is 82.8 cm³/mol. The van der Waals surface area contributed by atoms with Crippen LogP contribution >= 0.6 is 0 Å². The van der Waals surface area contributed by atoms with Crippen molar-refractivity contribution < 1.29 is 9.53 Å².